The molecule has 1 amide bonds. The number of ether oxygens (including phenoxy) is 1. The van der Waals surface area contributed by atoms with Crippen molar-refractivity contribution in [2.24, 2.45) is 0 Å². The van der Waals surface area contributed by atoms with E-state index in [4.69, 9.17) is 16.3 Å². The van der Waals surface area contributed by atoms with E-state index in [1.807, 2.05) is 13.0 Å². The number of methoxy groups -OCH3 is 1. The lowest BCUT2D eigenvalue weighted by atomic mass is 10.1. The van der Waals surface area contributed by atoms with E-state index in [1.165, 1.54) is 25.7 Å². The van der Waals surface area contributed by atoms with Crippen molar-refractivity contribution < 1.29 is 9.53 Å². The number of rotatable bonds is 5. The zero-order valence-electron chi connectivity index (χ0n) is 13.4. The van der Waals surface area contributed by atoms with Gasteiger partial charge in [0.2, 0.25) is 5.91 Å². The number of carbonyl (C=O) groups excluding carboxylic acids is 1. The van der Waals surface area contributed by atoms with Crippen molar-refractivity contribution in [2.45, 2.75) is 51.5 Å². The van der Waals surface area contributed by atoms with Crippen molar-refractivity contribution in [1.29, 1.82) is 0 Å². The predicted octanol–water partition coefficient (Wildman–Crippen LogP) is 3.91. The Morgan fingerprint density at radius 1 is 1.27 bits per heavy atom. The van der Waals surface area contributed by atoms with Crippen LogP contribution in [-0.4, -0.2) is 25.6 Å². The molecule has 0 atom stereocenters. The summed E-state index contributed by atoms with van der Waals surface area (Å²) in [6.07, 6.45) is 7.46. The number of nitrogens with one attached hydrogen (secondary N) is 2. The molecular formula is C17H25ClN2O2. The van der Waals surface area contributed by atoms with Gasteiger partial charge in [-0.25, -0.2) is 0 Å². The van der Waals surface area contributed by atoms with Gasteiger partial charge in [-0.15, -0.1) is 0 Å². The minimum atomic E-state index is -0.0516. The van der Waals surface area contributed by atoms with Crippen LogP contribution in [0.25, 0.3) is 0 Å². The maximum atomic E-state index is 12.1. The minimum Gasteiger partial charge on any atom is -0.495 e. The first-order valence-corrected chi connectivity index (χ1v) is 8.35. The maximum Gasteiger partial charge on any atom is 0.238 e. The summed E-state index contributed by atoms with van der Waals surface area (Å²) < 4.78 is 5.27. The van der Waals surface area contributed by atoms with E-state index >= 15 is 0 Å². The van der Waals surface area contributed by atoms with Gasteiger partial charge in [-0.05, 0) is 31.4 Å². The molecule has 0 heterocycles. The van der Waals surface area contributed by atoms with E-state index in [0.29, 0.717) is 29.0 Å². The topological polar surface area (TPSA) is 50.4 Å². The van der Waals surface area contributed by atoms with Crippen LogP contribution in [0, 0.1) is 6.92 Å². The number of benzene rings is 1. The Morgan fingerprint density at radius 3 is 2.59 bits per heavy atom. The molecule has 4 nitrogen and oxygen atoms in total. The molecule has 1 aliphatic carbocycles. The first-order chi connectivity index (χ1) is 10.6. The molecule has 1 aromatic rings. The average Bonchev–Trinajstić information content (AvgIpc) is 2.77. The lowest BCUT2D eigenvalue weighted by Gasteiger charge is -2.17. The molecule has 0 radical (unpaired) electrons. The second-order valence-corrected chi connectivity index (χ2v) is 6.33. The van der Waals surface area contributed by atoms with Crippen molar-refractivity contribution in [1.82, 2.24) is 5.32 Å². The number of amides is 1. The Bertz CT molecular complexity index is 512. The Hall–Kier alpha value is -1.26. The molecule has 122 valence electrons. The highest BCUT2D eigenvalue weighted by molar-refractivity contribution is 6.31. The van der Waals surface area contributed by atoms with Crippen molar-refractivity contribution in [2.75, 3.05) is 19.0 Å². The van der Waals surface area contributed by atoms with Gasteiger partial charge in [-0.1, -0.05) is 37.3 Å². The van der Waals surface area contributed by atoms with E-state index in [1.54, 1.807) is 13.2 Å². The van der Waals surface area contributed by atoms with Gasteiger partial charge in [0.15, 0.2) is 0 Å². The fourth-order valence-corrected chi connectivity index (χ4v) is 3.00. The average molecular weight is 325 g/mol. The summed E-state index contributed by atoms with van der Waals surface area (Å²) in [5.41, 5.74) is 1.58. The molecule has 0 bridgehead atoms. The summed E-state index contributed by atoms with van der Waals surface area (Å²) in [5.74, 6) is 0.530. The van der Waals surface area contributed by atoms with Crippen LogP contribution < -0.4 is 15.4 Å². The van der Waals surface area contributed by atoms with Crippen LogP contribution in [0.2, 0.25) is 5.02 Å². The number of carbonyl (C=O) groups is 1. The Morgan fingerprint density at radius 2 is 1.95 bits per heavy atom. The summed E-state index contributed by atoms with van der Waals surface area (Å²) in [4.78, 5) is 12.1. The van der Waals surface area contributed by atoms with Crippen LogP contribution in [0.4, 0.5) is 5.69 Å². The van der Waals surface area contributed by atoms with E-state index in [-0.39, 0.29) is 5.91 Å². The molecule has 1 saturated carbocycles. The van der Waals surface area contributed by atoms with Gasteiger partial charge in [0.1, 0.15) is 5.75 Å². The van der Waals surface area contributed by atoms with Crippen LogP contribution in [0.5, 0.6) is 5.75 Å². The lowest BCUT2D eigenvalue weighted by molar-refractivity contribution is -0.115. The molecule has 0 aromatic heterocycles. The molecular weight excluding hydrogens is 300 g/mol. The zero-order valence-corrected chi connectivity index (χ0v) is 14.1. The van der Waals surface area contributed by atoms with Gasteiger partial charge in [0, 0.05) is 17.1 Å². The predicted molar refractivity (Wildman–Crippen MR) is 90.9 cm³/mol. The number of aryl methyl sites for hydroxylation is 1. The number of hydrogen-bond donors (Lipinski definition) is 2. The molecule has 0 spiro atoms. The third-order valence-corrected chi connectivity index (χ3v) is 4.57. The quantitative estimate of drug-likeness (QED) is 0.807. The summed E-state index contributed by atoms with van der Waals surface area (Å²) >= 11 is 6.07. The Labute approximate surface area is 137 Å². The van der Waals surface area contributed by atoms with Crippen LogP contribution in [-0.2, 0) is 4.79 Å². The van der Waals surface area contributed by atoms with Crippen molar-refractivity contribution in [3.63, 3.8) is 0 Å². The minimum absolute atomic E-state index is 0.0516. The standard InChI is InChI=1S/C17H25ClN2O2/c1-12-9-15(16(22-2)10-14(12)18)20-17(21)11-19-13-7-5-3-4-6-8-13/h9-10,13,19H,3-8,11H2,1-2H3,(H,20,21). The van der Waals surface area contributed by atoms with Gasteiger partial charge >= 0.3 is 0 Å². The molecule has 0 unspecified atom stereocenters. The SMILES string of the molecule is COc1cc(Cl)c(C)cc1NC(=O)CNC1CCCCCC1. The van der Waals surface area contributed by atoms with Gasteiger partial charge in [-0.3, -0.25) is 4.79 Å². The van der Waals surface area contributed by atoms with Gasteiger partial charge < -0.3 is 15.4 Å². The van der Waals surface area contributed by atoms with Crippen molar-refractivity contribution in [3.05, 3.63) is 22.7 Å². The summed E-state index contributed by atoms with van der Waals surface area (Å²) in [7, 11) is 1.57. The van der Waals surface area contributed by atoms with E-state index in [2.05, 4.69) is 10.6 Å². The first kappa shape index (κ1) is 17.1. The molecule has 2 rings (SSSR count). The smallest absolute Gasteiger partial charge is 0.238 e. The third-order valence-electron chi connectivity index (χ3n) is 4.16. The van der Waals surface area contributed by atoms with Gasteiger partial charge in [0.25, 0.3) is 0 Å². The molecule has 22 heavy (non-hydrogen) atoms. The Kier molecular flexibility index (Phi) is 6.52. The molecule has 5 heteroatoms. The van der Waals surface area contributed by atoms with E-state index < -0.39 is 0 Å². The number of hydrogen-bond acceptors (Lipinski definition) is 3. The lowest BCUT2D eigenvalue weighted by Crippen LogP contribution is -2.35. The number of halogens is 1. The summed E-state index contributed by atoms with van der Waals surface area (Å²) in [6.45, 7) is 2.23. The second-order valence-electron chi connectivity index (χ2n) is 5.92. The molecule has 0 aliphatic heterocycles. The largest absolute Gasteiger partial charge is 0.495 e. The summed E-state index contributed by atoms with van der Waals surface area (Å²) in [5, 5.41) is 6.90. The monoisotopic (exact) mass is 324 g/mol. The molecule has 1 aromatic carbocycles. The fraction of sp³-hybridized carbons (Fsp3) is 0.588. The van der Waals surface area contributed by atoms with Crippen LogP contribution in [0.3, 0.4) is 0 Å². The van der Waals surface area contributed by atoms with Crippen LogP contribution in [0.15, 0.2) is 12.1 Å². The highest BCUT2D eigenvalue weighted by Gasteiger charge is 2.14. The molecule has 1 fully saturated rings. The second kappa shape index (κ2) is 8.39. The van der Waals surface area contributed by atoms with Crippen LogP contribution in [0.1, 0.15) is 44.1 Å². The third kappa shape index (κ3) is 4.89. The van der Waals surface area contributed by atoms with E-state index in [0.717, 1.165) is 18.4 Å². The fourth-order valence-electron chi connectivity index (χ4n) is 2.84. The maximum absolute atomic E-state index is 12.1. The first-order valence-electron chi connectivity index (χ1n) is 7.97. The molecule has 2 N–H and O–H groups in total. The Balaban J connectivity index is 1.90. The number of anilines is 1. The normalized spacial score (nSPS) is 16.1. The highest BCUT2D eigenvalue weighted by atomic mass is 35.5. The zero-order chi connectivity index (χ0) is 15.9. The summed E-state index contributed by atoms with van der Waals surface area (Å²) in [6, 6.07) is 4.03. The van der Waals surface area contributed by atoms with Crippen LogP contribution >= 0.6 is 11.6 Å². The van der Waals surface area contributed by atoms with E-state index in [9.17, 15) is 4.79 Å². The van der Waals surface area contributed by atoms with Gasteiger partial charge in [-0.2, -0.15) is 0 Å². The highest BCUT2D eigenvalue weighted by Crippen LogP contribution is 2.30. The van der Waals surface area contributed by atoms with Crippen molar-refractivity contribution >= 4 is 23.2 Å². The molecule has 1 aliphatic rings. The molecule has 0 saturated heterocycles. The van der Waals surface area contributed by atoms with Crippen molar-refractivity contribution in [3.8, 4) is 5.75 Å². The van der Waals surface area contributed by atoms with Gasteiger partial charge in [0.05, 0.1) is 19.3 Å².